The van der Waals surface area contributed by atoms with E-state index in [2.05, 4.69) is 182 Å². The molecular formula is C82H96N4. The Labute approximate surface area is 514 Å². The molecule has 4 nitrogen and oxygen atoms in total. The number of hydrogen-bond acceptors (Lipinski definition) is 4. The van der Waals surface area contributed by atoms with Gasteiger partial charge < -0.3 is 10.6 Å². The highest BCUT2D eigenvalue weighted by Gasteiger charge is 2.26. The van der Waals surface area contributed by atoms with Crippen molar-refractivity contribution in [2.45, 2.75) is 195 Å². The molecule has 0 spiro atoms. The number of benzene rings is 11. The molecule has 13 rings (SSSR count). The fourth-order valence-electron chi connectivity index (χ4n) is 16.0. The average Bonchev–Trinajstić information content (AvgIpc) is 0.808. The number of aryl methyl sites for hydroxylation is 4. The zero-order valence-electron chi connectivity index (χ0n) is 52.8. The first kappa shape index (κ1) is 58.6. The summed E-state index contributed by atoms with van der Waals surface area (Å²) in [5.41, 5.74) is 14.9. The van der Waals surface area contributed by atoms with Crippen molar-refractivity contribution in [3.8, 4) is 0 Å². The Morgan fingerprint density at radius 3 is 0.860 bits per heavy atom. The smallest absolute Gasteiger partial charge is 0.0244 e. The third-order valence-corrected chi connectivity index (χ3v) is 20.5. The largest absolute Gasteiger partial charge is 0.311 e. The second-order valence-electron chi connectivity index (χ2n) is 26.4. The molecular weight excluding hydrogens is 1040 g/mol. The van der Waals surface area contributed by atoms with Gasteiger partial charge in [-0.15, -0.1) is 0 Å². The average molecular weight is 1140 g/mol. The summed E-state index contributed by atoms with van der Waals surface area (Å²) in [5.74, 6) is 0. The maximum absolute atomic E-state index is 4.02. The van der Waals surface area contributed by atoms with Gasteiger partial charge in [-0.2, -0.15) is 0 Å². The minimum absolute atomic E-state index is 0.882. The van der Waals surface area contributed by atoms with Gasteiger partial charge in [0.15, 0.2) is 0 Å². The molecule has 2 aliphatic rings. The molecule has 11 aromatic carbocycles. The van der Waals surface area contributed by atoms with Crippen molar-refractivity contribution in [3.63, 3.8) is 0 Å². The Morgan fingerprint density at radius 2 is 0.581 bits per heavy atom. The lowest BCUT2D eigenvalue weighted by atomic mass is 9.83. The van der Waals surface area contributed by atoms with Crippen molar-refractivity contribution >= 4 is 86.2 Å². The summed E-state index contributed by atoms with van der Waals surface area (Å²) in [5, 5.41) is 31.3. The Morgan fingerprint density at radius 1 is 0.291 bits per heavy atom. The van der Waals surface area contributed by atoms with E-state index in [-0.39, 0.29) is 0 Å². The van der Waals surface area contributed by atoms with Crippen molar-refractivity contribution in [2.75, 3.05) is 26.2 Å². The lowest BCUT2D eigenvalue weighted by Crippen LogP contribution is -2.33. The van der Waals surface area contributed by atoms with Crippen LogP contribution >= 0.6 is 0 Å². The fraction of sp³-hybridized carbons (Fsp3) is 0.415. The van der Waals surface area contributed by atoms with Crippen LogP contribution in [0, 0.1) is 0 Å². The highest BCUT2D eigenvalue weighted by molar-refractivity contribution is 6.34. The highest BCUT2D eigenvalue weighted by atomic mass is 15.1. The molecule has 86 heavy (non-hydrogen) atoms. The van der Waals surface area contributed by atoms with Gasteiger partial charge in [-0.25, -0.2) is 0 Å². The summed E-state index contributed by atoms with van der Waals surface area (Å²) in [4.78, 5) is 5.37. The highest BCUT2D eigenvalue weighted by Crippen LogP contribution is 2.47. The SMILES string of the molecule is CCCCCCc1cccc2c(CNCCN3Cc4ccc5c6ccc7c8c(ccc(c9ccc(c4c59)C3)c86)CN(CCNCc3c4cccc(CCCCCC)c4cc4c(CCCCCC)cccc34)C7)c3cccc(CCCCCC)c3cc12. The van der Waals surface area contributed by atoms with Gasteiger partial charge in [-0.1, -0.05) is 226 Å². The standard InChI is InChI=1S/C82H96N4/c1-5-9-13-17-25-57-29-21-33-65-73(57)49-74-58(26-18-14-10-6-2)30-22-34-66(74)77(65)51-83-45-47-85-53-61-37-41-69-71-43-39-63-55-86(56-64-40-44-72(82(71)80(63)64)70-42-38-62(54-85)79(61)81(69)70)48-46-84-52-78-67-35-23-31-59(27-19-15-11-7-3)75(67)50-76-60(28-20-16-12-8-4)32-24-36-68(76)78/h21-24,29-44,49-50,83-84H,5-20,25-28,45-48,51-56H2,1-4H3. The van der Waals surface area contributed by atoms with Crippen LogP contribution in [-0.4, -0.2) is 36.0 Å². The topological polar surface area (TPSA) is 30.5 Å². The Kier molecular flexibility index (Phi) is 18.6. The predicted molar refractivity (Wildman–Crippen MR) is 374 cm³/mol. The van der Waals surface area contributed by atoms with Crippen molar-refractivity contribution in [2.24, 2.45) is 0 Å². The molecule has 0 saturated heterocycles. The van der Waals surface area contributed by atoms with Crippen LogP contribution in [0.1, 0.15) is 186 Å². The third kappa shape index (κ3) is 11.9. The zero-order chi connectivity index (χ0) is 58.3. The fourth-order valence-corrected chi connectivity index (χ4v) is 16.0. The third-order valence-electron chi connectivity index (χ3n) is 20.5. The number of nitrogens with zero attached hydrogens (tertiary/aromatic N) is 2. The quantitative estimate of drug-likeness (QED) is 0.0267. The van der Waals surface area contributed by atoms with Crippen molar-refractivity contribution < 1.29 is 0 Å². The van der Waals surface area contributed by atoms with Crippen LogP contribution < -0.4 is 10.6 Å². The second-order valence-corrected chi connectivity index (χ2v) is 26.4. The molecule has 0 aliphatic carbocycles. The molecule has 2 aliphatic heterocycles. The lowest BCUT2D eigenvalue weighted by molar-refractivity contribution is 0.252. The molecule has 0 atom stereocenters. The number of fused-ring (bicyclic) bond motifs is 6. The van der Waals surface area contributed by atoms with Crippen LogP contribution in [-0.2, 0) is 65.0 Å². The van der Waals surface area contributed by atoms with Gasteiger partial charge >= 0.3 is 0 Å². The van der Waals surface area contributed by atoms with Gasteiger partial charge in [0.1, 0.15) is 0 Å². The van der Waals surface area contributed by atoms with Gasteiger partial charge in [0.2, 0.25) is 0 Å². The molecule has 2 heterocycles. The van der Waals surface area contributed by atoms with Crippen LogP contribution in [0.2, 0.25) is 0 Å². The minimum Gasteiger partial charge on any atom is -0.311 e. The Hall–Kier alpha value is -6.40. The van der Waals surface area contributed by atoms with Gasteiger partial charge in [0.05, 0.1) is 0 Å². The molecule has 0 saturated carbocycles. The van der Waals surface area contributed by atoms with Crippen LogP contribution in [0.5, 0.6) is 0 Å². The second kappa shape index (κ2) is 27.3. The summed E-state index contributed by atoms with van der Waals surface area (Å²) in [6.07, 6.45) is 25.4. The summed E-state index contributed by atoms with van der Waals surface area (Å²) in [7, 11) is 0. The maximum Gasteiger partial charge on any atom is 0.0244 e. The predicted octanol–water partition coefficient (Wildman–Crippen LogP) is 21.1. The molecule has 0 amide bonds. The summed E-state index contributed by atoms with van der Waals surface area (Å²) >= 11 is 0. The summed E-state index contributed by atoms with van der Waals surface area (Å²) < 4.78 is 0. The van der Waals surface area contributed by atoms with E-state index in [0.29, 0.717) is 0 Å². The first-order valence-electron chi connectivity index (χ1n) is 34.4. The van der Waals surface area contributed by atoms with Gasteiger partial charge in [0, 0.05) is 65.4 Å². The Balaban J connectivity index is 0.700. The van der Waals surface area contributed by atoms with Crippen LogP contribution in [0.15, 0.2) is 133 Å². The summed E-state index contributed by atoms with van der Waals surface area (Å²) in [6, 6.07) is 53.5. The van der Waals surface area contributed by atoms with E-state index in [1.165, 1.54) is 245 Å². The van der Waals surface area contributed by atoms with Crippen molar-refractivity contribution in [1.82, 2.24) is 20.4 Å². The normalized spacial score (nSPS) is 13.9. The zero-order valence-corrected chi connectivity index (χ0v) is 52.8. The first-order valence-corrected chi connectivity index (χ1v) is 34.4. The number of rotatable bonds is 30. The molecule has 2 N–H and O–H groups in total. The van der Waals surface area contributed by atoms with Gasteiger partial charge in [0.25, 0.3) is 0 Å². The van der Waals surface area contributed by atoms with Gasteiger partial charge in [-0.3, -0.25) is 9.80 Å². The van der Waals surface area contributed by atoms with E-state index in [4.69, 9.17) is 0 Å². The number of nitrogens with one attached hydrogen (secondary N) is 2. The molecule has 0 unspecified atom stereocenters. The lowest BCUT2D eigenvalue weighted by Gasteiger charge is -2.32. The van der Waals surface area contributed by atoms with E-state index in [9.17, 15) is 0 Å². The first-order chi connectivity index (χ1) is 42.5. The summed E-state index contributed by atoms with van der Waals surface area (Å²) in [6.45, 7) is 18.9. The van der Waals surface area contributed by atoms with E-state index in [1.807, 2.05) is 0 Å². The molecule has 444 valence electrons. The monoisotopic (exact) mass is 1140 g/mol. The van der Waals surface area contributed by atoms with Crippen LogP contribution in [0.3, 0.4) is 0 Å². The van der Waals surface area contributed by atoms with Crippen molar-refractivity contribution in [3.05, 3.63) is 189 Å². The van der Waals surface area contributed by atoms with Gasteiger partial charge in [-0.05, 0) is 205 Å². The maximum atomic E-state index is 4.02. The molecule has 0 aromatic heterocycles. The van der Waals surface area contributed by atoms with E-state index in [1.54, 1.807) is 0 Å². The molecule has 0 bridgehead atoms. The minimum atomic E-state index is 0.882. The number of unbranched alkanes of at least 4 members (excludes halogenated alkanes) is 12. The van der Waals surface area contributed by atoms with E-state index >= 15 is 0 Å². The molecule has 4 heteroatoms. The molecule has 0 radical (unpaired) electrons. The van der Waals surface area contributed by atoms with E-state index in [0.717, 1.165) is 91.1 Å². The van der Waals surface area contributed by atoms with Crippen LogP contribution in [0.25, 0.3) is 86.2 Å². The van der Waals surface area contributed by atoms with Crippen LogP contribution in [0.4, 0.5) is 0 Å². The molecule has 0 fully saturated rings. The number of hydrogen-bond donors (Lipinski definition) is 2. The molecule has 11 aromatic rings. The van der Waals surface area contributed by atoms with E-state index < -0.39 is 0 Å². The Bertz CT molecular complexity index is 3660. The van der Waals surface area contributed by atoms with Crippen molar-refractivity contribution in [1.29, 1.82) is 0 Å².